The summed E-state index contributed by atoms with van der Waals surface area (Å²) in [5.74, 6) is 2.59. The van der Waals surface area contributed by atoms with Crippen molar-refractivity contribution in [3.63, 3.8) is 0 Å². The largest absolute Gasteiger partial charge is 0.457 e. The number of aliphatic imine (C=N–C) groups is 1. The molecule has 0 amide bonds. The van der Waals surface area contributed by atoms with Crippen LogP contribution in [0, 0.1) is 0 Å². The molecule has 0 spiro atoms. The number of nitrogens with one attached hydrogen (secondary N) is 3. The van der Waals surface area contributed by atoms with Gasteiger partial charge in [0.15, 0.2) is 0 Å². The van der Waals surface area contributed by atoms with E-state index in [1.54, 1.807) is 0 Å². The van der Waals surface area contributed by atoms with Crippen molar-refractivity contribution < 1.29 is 4.74 Å². The van der Waals surface area contributed by atoms with E-state index < -0.39 is 0 Å². The van der Waals surface area contributed by atoms with E-state index in [0.29, 0.717) is 6.04 Å². The van der Waals surface area contributed by atoms with E-state index >= 15 is 0 Å². The first-order valence-corrected chi connectivity index (χ1v) is 10.3. The number of benzene rings is 2. The molecule has 0 aliphatic carbocycles. The van der Waals surface area contributed by atoms with Crippen molar-refractivity contribution in [3.8, 4) is 11.5 Å². The summed E-state index contributed by atoms with van der Waals surface area (Å²) in [7, 11) is 0. The van der Waals surface area contributed by atoms with Crippen molar-refractivity contribution >= 4 is 11.5 Å². The molecule has 150 valence electrons. The van der Waals surface area contributed by atoms with Crippen molar-refractivity contribution in [3.05, 3.63) is 78.1 Å². The third-order valence-corrected chi connectivity index (χ3v) is 5.10. The second-order valence-corrected chi connectivity index (χ2v) is 7.37. The molecule has 0 aromatic heterocycles. The Morgan fingerprint density at radius 1 is 1.07 bits per heavy atom. The molecular weight excluding hydrogens is 360 g/mol. The zero-order valence-corrected chi connectivity index (χ0v) is 16.8. The zero-order valence-electron chi connectivity index (χ0n) is 16.8. The molecule has 2 aromatic rings. The Hall–Kier alpha value is -3.05. The van der Waals surface area contributed by atoms with Crippen molar-refractivity contribution in [1.29, 1.82) is 0 Å². The Morgan fingerprint density at radius 3 is 2.59 bits per heavy atom. The zero-order chi connectivity index (χ0) is 19.9. The highest BCUT2D eigenvalue weighted by atomic mass is 16.5. The minimum absolute atomic E-state index is 0.348. The van der Waals surface area contributed by atoms with Gasteiger partial charge in [0.25, 0.3) is 0 Å². The normalized spacial score (nSPS) is 20.4. The summed E-state index contributed by atoms with van der Waals surface area (Å²) < 4.78 is 5.88. The summed E-state index contributed by atoms with van der Waals surface area (Å²) in [6.07, 6.45) is 7.21. The third-order valence-electron chi connectivity index (χ3n) is 5.10. The van der Waals surface area contributed by atoms with Gasteiger partial charge in [-0.1, -0.05) is 25.1 Å². The molecule has 29 heavy (non-hydrogen) atoms. The van der Waals surface area contributed by atoms with Gasteiger partial charge in [-0.05, 0) is 67.4 Å². The molecule has 1 unspecified atom stereocenters. The molecule has 3 N–H and O–H groups in total. The average Bonchev–Trinajstić information content (AvgIpc) is 3.18. The lowest BCUT2D eigenvalue weighted by molar-refractivity contribution is 0.483. The topological polar surface area (TPSA) is 57.7 Å². The summed E-state index contributed by atoms with van der Waals surface area (Å²) in [6, 6.07) is 18.2. The number of ether oxygens (including phenoxy) is 1. The second-order valence-electron chi connectivity index (χ2n) is 7.37. The predicted octanol–water partition coefficient (Wildman–Crippen LogP) is 4.82. The van der Waals surface area contributed by atoms with E-state index in [2.05, 4.69) is 35.2 Å². The molecule has 1 atom stereocenters. The number of hydrogen-bond acceptors (Lipinski definition) is 4. The standard InChI is InChI=1S/C24H28N4O/c1-2-18-14-21(15-24(26-16-18)28-20-12-13-25-17-20)27-19-8-10-23(11-9-19)29-22-6-4-3-5-7-22/h3-11,15-16,20,25,27H,2,12-14,17H2,1H3,(H,26,28). The molecule has 1 saturated heterocycles. The van der Waals surface area contributed by atoms with Gasteiger partial charge in [-0.15, -0.1) is 0 Å². The Labute approximate surface area is 172 Å². The van der Waals surface area contributed by atoms with Crippen LogP contribution in [0.5, 0.6) is 11.5 Å². The van der Waals surface area contributed by atoms with E-state index in [0.717, 1.165) is 61.1 Å². The lowest BCUT2D eigenvalue weighted by Gasteiger charge is -2.12. The van der Waals surface area contributed by atoms with Crippen LogP contribution in [0.15, 0.2) is 83.1 Å². The van der Waals surface area contributed by atoms with E-state index in [-0.39, 0.29) is 0 Å². The van der Waals surface area contributed by atoms with Crippen molar-refractivity contribution in [2.24, 2.45) is 4.99 Å². The number of rotatable bonds is 6. The van der Waals surface area contributed by atoms with Gasteiger partial charge in [0.05, 0.1) is 6.04 Å². The van der Waals surface area contributed by atoms with E-state index in [1.807, 2.05) is 54.6 Å². The van der Waals surface area contributed by atoms with Crippen LogP contribution < -0.4 is 20.7 Å². The molecule has 1 fully saturated rings. The fourth-order valence-electron chi connectivity index (χ4n) is 3.47. The number of hydrogen-bond donors (Lipinski definition) is 3. The maximum Gasteiger partial charge on any atom is 0.127 e. The summed E-state index contributed by atoms with van der Waals surface area (Å²) in [6.45, 7) is 4.18. The maximum atomic E-state index is 5.88. The van der Waals surface area contributed by atoms with Crippen LogP contribution in [0.25, 0.3) is 0 Å². The highest BCUT2D eigenvalue weighted by Gasteiger charge is 2.15. The summed E-state index contributed by atoms with van der Waals surface area (Å²) in [4.78, 5) is 4.88. The van der Waals surface area contributed by atoms with Gasteiger partial charge in [0.2, 0.25) is 0 Å². The van der Waals surface area contributed by atoms with Crippen LogP contribution in [0.2, 0.25) is 0 Å². The average molecular weight is 389 g/mol. The Bertz CT molecular complexity index is 894. The number of para-hydroxylation sites is 1. The molecule has 4 rings (SSSR count). The van der Waals surface area contributed by atoms with E-state index in [1.165, 1.54) is 5.57 Å². The van der Waals surface area contributed by atoms with Crippen LogP contribution >= 0.6 is 0 Å². The highest BCUT2D eigenvalue weighted by molar-refractivity contribution is 5.95. The van der Waals surface area contributed by atoms with Gasteiger partial charge in [0, 0.05) is 30.5 Å². The van der Waals surface area contributed by atoms with Crippen LogP contribution in [-0.2, 0) is 0 Å². The lowest BCUT2D eigenvalue weighted by atomic mass is 10.1. The Balaban J connectivity index is 1.47. The molecule has 0 saturated carbocycles. The highest BCUT2D eigenvalue weighted by Crippen LogP contribution is 2.25. The third kappa shape index (κ3) is 5.48. The molecule has 2 heterocycles. The van der Waals surface area contributed by atoms with Crippen LogP contribution in [0.1, 0.15) is 26.2 Å². The molecule has 2 aliphatic heterocycles. The second kappa shape index (κ2) is 9.43. The van der Waals surface area contributed by atoms with Gasteiger partial charge >= 0.3 is 0 Å². The minimum atomic E-state index is 0.348. The predicted molar refractivity (Wildman–Crippen MR) is 120 cm³/mol. The van der Waals surface area contributed by atoms with Gasteiger partial charge in [-0.2, -0.15) is 0 Å². The first kappa shape index (κ1) is 19.3. The summed E-state index contributed by atoms with van der Waals surface area (Å²) in [5.41, 5.74) is 3.53. The lowest BCUT2D eigenvalue weighted by Crippen LogP contribution is -2.20. The SMILES string of the molecule is CCC1=CNC(=NC2CCNC2)C=C(Nc2ccc(Oc3ccccc3)cc2)C1. The van der Waals surface area contributed by atoms with E-state index in [9.17, 15) is 0 Å². The smallest absolute Gasteiger partial charge is 0.127 e. The van der Waals surface area contributed by atoms with Gasteiger partial charge in [-0.25, -0.2) is 0 Å². The molecule has 2 aromatic carbocycles. The van der Waals surface area contributed by atoms with Crippen molar-refractivity contribution in [2.45, 2.75) is 32.2 Å². The first-order valence-electron chi connectivity index (χ1n) is 10.3. The van der Waals surface area contributed by atoms with E-state index in [4.69, 9.17) is 9.73 Å². The molecular formula is C24H28N4O. The van der Waals surface area contributed by atoms with Gasteiger partial charge < -0.3 is 20.7 Å². The van der Waals surface area contributed by atoms with Gasteiger partial charge in [-0.3, -0.25) is 4.99 Å². The number of anilines is 1. The van der Waals surface area contributed by atoms with Crippen LogP contribution in [-0.4, -0.2) is 25.0 Å². The number of nitrogens with zero attached hydrogens (tertiary/aromatic N) is 1. The fourth-order valence-corrected chi connectivity index (χ4v) is 3.47. The molecule has 0 radical (unpaired) electrons. The monoisotopic (exact) mass is 388 g/mol. The number of amidine groups is 1. The van der Waals surface area contributed by atoms with Crippen molar-refractivity contribution in [1.82, 2.24) is 10.6 Å². The summed E-state index contributed by atoms with van der Waals surface area (Å²) in [5, 5.41) is 10.3. The molecule has 2 aliphatic rings. The number of allylic oxidation sites excluding steroid dienone is 1. The minimum Gasteiger partial charge on any atom is -0.457 e. The van der Waals surface area contributed by atoms with Crippen molar-refractivity contribution in [2.75, 3.05) is 18.4 Å². The molecule has 5 heteroatoms. The van der Waals surface area contributed by atoms with Crippen LogP contribution in [0.3, 0.4) is 0 Å². The first-order chi connectivity index (χ1) is 14.3. The quantitative estimate of drug-likeness (QED) is 0.664. The Morgan fingerprint density at radius 2 is 1.86 bits per heavy atom. The summed E-state index contributed by atoms with van der Waals surface area (Å²) >= 11 is 0. The fraction of sp³-hybridized carbons (Fsp3) is 0.292. The molecule has 5 nitrogen and oxygen atoms in total. The van der Waals surface area contributed by atoms with Crippen LogP contribution in [0.4, 0.5) is 5.69 Å². The Kier molecular flexibility index (Phi) is 6.27. The molecule has 0 bridgehead atoms. The maximum absolute atomic E-state index is 5.88. The van der Waals surface area contributed by atoms with Gasteiger partial charge in [0.1, 0.15) is 17.3 Å².